The van der Waals surface area contributed by atoms with Crippen molar-refractivity contribution in [3.63, 3.8) is 0 Å². The van der Waals surface area contributed by atoms with E-state index in [9.17, 15) is 4.79 Å². The monoisotopic (exact) mass is 335 g/mol. The van der Waals surface area contributed by atoms with Gasteiger partial charge >= 0.3 is 6.03 Å². The lowest BCUT2D eigenvalue weighted by Crippen LogP contribution is -2.51. The van der Waals surface area contributed by atoms with E-state index in [1.54, 1.807) is 0 Å². The smallest absolute Gasteiger partial charge is 0.317 e. The SMILES string of the molecule is CC(C)C1CCCCC1NC(=O)N1CCC(CN2CCCC2)CC1. The second-order valence-electron chi connectivity index (χ2n) is 8.69. The van der Waals surface area contributed by atoms with Crippen molar-refractivity contribution in [1.82, 2.24) is 15.1 Å². The van der Waals surface area contributed by atoms with E-state index in [1.807, 2.05) is 0 Å². The van der Waals surface area contributed by atoms with Crippen LogP contribution in [0.15, 0.2) is 0 Å². The van der Waals surface area contributed by atoms with Crippen LogP contribution in [0.5, 0.6) is 0 Å². The molecule has 24 heavy (non-hydrogen) atoms. The minimum atomic E-state index is 0.201. The number of piperidine rings is 1. The number of hydrogen-bond acceptors (Lipinski definition) is 2. The maximum atomic E-state index is 12.7. The molecule has 2 unspecified atom stereocenters. The van der Waals surface area contributed by atoms with Gasteiger partial charge in [0, 0.05) is 25.7 Å². The third kappa shape index (κ3) is 4.65. The highest BCUT2D eigenvalue weighted by molar-refractivity contribution is 5.74. The summed E-state index contributed by atoms with van der Waals surface area (Å²) in [5.74, 6) is 2.13. The normalized spacial score (nSPS) is 30.0. The van der Waals surface area contributed by atoms with Crippen molar-refractivity contribution in [3.8, 4) is 0 Å². The van der Waals surface area contributed by atoms with Crippen molar-refractivity contribution >= 4 is 6.03 Å². The maximum Gasteiger partial charge on any atom is 0.317 e. The highest BCUT2D eigenvalue weighted by Gasteiger charge is 2.31. The number of rotatable bonds is 4. The number of carbonyl (C=O) groups excluding carboxylic acids is 1. The Hall–Kier alpha value is -0.770. The van der Waals surface area contributed by atoms with Gasteiger partial charge in [-0.3, -0.25) is 0 Å². The zero-order chi connectivity index (χ0) is 16.9. The Morgan fingerprint density at radius 2 is 1.62 bits per heavy atom. The molecule has 2 saturated heterocycles. The molecule has 0 aromatic heterocycles. The number of nitrogens with zero attached hydrogens (tertiary/aromatic N) is 2. The van der Waals surface area contributed by atoms with Crippen LogP contribution in [0, 0.1) is 17.8 Å². The fourth-order valence-electron chi connectivity index (χ4n) is 5.04. The van der Waals surface area contributed by atoms with Crippen LogP contribution in [0.1, 0.15) is 65.2 Å². The molecule has 1 aliphatic carbocycles. The van der Waals surface area contributed by atoms with Crippen molar-refractivity contribution in [2.45, 2.75) is 71.3 Å². The van der Waals surface area contributed by atoms with Crippen LogP contribution in [0.25, 0.3) is 0 Å². The molecule has 4 heteroatoms. The molecular weight excluding hydrogens is 298 g/mol. The first-order chi connectivity index (χ1) is 11.6. The summed E-state index contributed by atoms with van der Waals surface area (Å²) in [6.07, 6.45) is 10.2. The van der Waals surface area contributed by atoms with Crippen LogP contribution < -0.4 is 5.32 Å². The molecule has 0 radical (unpaired) electrons. The summed E-state index contributed by atoms with van der Waals surface area (Å²) in [4.78, 5) is 17.4. The molecule has 0 bridgehead atoms. The van der Waals surface area contributed by atoms with Crippen molar-refractivity contribution in [3.05, 3.63) is 0 Å². The fourth-order valence-corrected chi connectivity index (χ4v) is 5.04. The summed E-state index contributed by atoms with van der Waals surface area (Å²) < 4.78 is 0. The minimum Gasteiger partial charge on any atom is -0.335 e. The lowest BCUT2D eigenvalue weighted by molar-refractivity contribution is 0.140. The molecule has 3 aliphatic rings. The van der Waals surface area contributed by atoms with Crippen molar-refractivity contribution in [2.24, 2.45) is 17.8 Å². The molecule has 0 aromatic rings. The largest absolute Gasteiger partial charge is 0.335 e. The minimum absolute atomic E-state index is 0.201. The van der Waals surface area contributed by atoms with E-state index in [0.29, 0.717) is 17.9 Å². The van der Waals surface area contributed by atoms with Gasteiger partial charge in [0.1, 0.15) is 0 Å². The molecule has 0 aromatic carbocycles. The van der Waals surface area contributed by atoms with Gasteiger partial charge in [-0.25, -0.2) is 4.79 Å². The molecule has 3 fully saturated rings. The molecular formula is C20H37N3O. The number of hydrogen-bond donors (Lipinski definition) is 1. The molecule has 1 saturated carbocycles. The van der Waals surface area contributed by atoms with Crippen molar-refractivity contribution in [1.29, 1.82) is 0 Å². The van der Waals surface area contributed by atoms with Crippen LogP contribution in [0.3, 0.4) is 0 Å². The van der Waals surface area contributed by atoms with Crippen LogP contribution in [0.4, 0.5) is 4.79 Å². The van der Waals surface area contributed by atoms with Gasteiger partial charge in [0.15, 0.2) is 0 Å². The predicted molar refractivity (Wildman–Crippen MR) is 99.1 cm³/mol. The van der Waals surface area contributed by atoms with E-state index < -0.39 is 0 Å². The molecule has 3 rings (SSSR count). The molecule has 2 aliphatic heterocycles. The van der Waals surface area contributed by atoms with Gasteiger partial charge in [-0.15, -0.1) is 0 Å². The third-order valence-electron chi connectivity index (χ3n) is 6.60. The molecule has 0 spiro atoms. The average Bonchev–Trinajstić information content (AvgIpc) is 3.09. The van der Waals surface area contributed by atoms with Gasteiger partial charge in [-0.1, -0.05) is 26.7 Å². The first kappa shape index (κ1) is 18.0. The quantitative estimate of drug-likeness (QED) is 0.850. The summed E-state index contributed by atoms with van der Waals surface area (Å²) in [6, 6.07) is 0.598. The fraction of sp³-hybridized carbons (Fsp3) is 0.950. The van der Waals surface area contributed by atoms with Crippen LogP contribution in [-0.4, -0.2) is 54.6 Å². The van der Waals surface area contributed by atoms with E-state index in [1.165, 1.54) is 71.0 Å². The van der Waals surface area contributed by atoms with E-state index in [4.69, 9.17) is 0 Å². The average molecular weight is 336 g/mol. The van der Waals surface area contributed by atoms with Gasteiger partial charge < -0.3 is 15.1 Å². The molecule has 2 amide bonds. The van der Waals surface area contributed by atoms with Crippen LogP contribution >= 0.6 is 0 Å². The first-order valence-corrected chi connectivity index (χ1v) is 10.4. The third-order valence-corrected chi connectivity index (χ3v) is 6.60. The summed E-state index contributed by atoms with van der Waals surface area (Å²) in [5, 5.41) is 3.38. The lowest BCUT2D eigenvalue weighted by Gasteiger charge is -2.38. The Balaban J connectivity index is 1.42. The van der Waals surface area contributed by atoms with Crippen molar-refractivity contribution in [2.75, 3.05) is 32.7 Å². The number of amides is 2. The van der Waals surface area contributed by atoms with E-state index >= 15 is 0 Å². The Kier molecular flexibility index (Phi) is 6.43. The zero-order valence-electron chi connectivity index (χ0n) is 15.8. The molecule has 1 N–H and O–H groups in total. The van der Waals surface area contributed by atoms with Crippen molar-refractivity contribution < 1.29 is 4.79 Å². The molecule has 138 valence electrons. The standard InChI is InChI=1S/C20H37N3O/c1-16(2)18-7-3-4-8-19(18)21-20(24)23-13-9-17(10-14-23)15-22-11-5-6-12-22/h16-19H,3-15H2,1-2H3,(H,21,24). The number of nitrogens with one attached hydrogen (secondary N) is 1. The molecule has 4 nitrogen and oxygen atoms in total. The van der Waals surface area contributed by atoms with E-state index in [2.05, 4.69) is 29.0 Å². The zero-order valence-corrected chi connectivity index (χ0v) is 15.8. The summed E-state index contributed by atoms with van der Waals surface area (Å²) in [7, 11) is 0. The summed E-state index contributed by atoms with van der Waals surface area (Å²) in [6.45, 7) is 10.3. The Bertz CT molecular complexity index is 398. The highest BCUT2D eigenvalue weighted by Crippen LogP contribution is 2.30. The van der Waals surface area contributed by atoms with Gasteiger partial charge in [0.25, 0.3) is 0 Å². The number of likely N-dealkylation sites (tertiary alicyclic amines) is 2. The second-order valence-corrected chi connectivity index (χ2v) is 8.69. The summed E-state index contributed by atoms with van der Waals surface area (Å²) in [5.41, 5.74) is 0. The summed E-state index contributed by atoms with van der Waals surface area (Å²) >= 11 is 0. The predicted octanol–water partition coefficient (Wildman–Crippen LogP) is 3.72. The maximum absolute atomic E-state index is 12.7. The van der Waals surface area contributed by atoms with E-state index in [0.717, 1.165) is 19.0 Å². The molecule has 2 heterocycles. The van der Waals surface area contributed by atoms with E-state index in [-0.39, 0.29) is 6.03 Å². The Morgan fingerprint density at radius 3 is 2.29 bits per heavy atom. The van der Waals surface area contributed by atoms with Crippen LogP contribution in [-0.2, 0) is 0 Å². The number of carbonyl (C=O) groups is 1. The first-order valence-electron chi connectivity index (χ1n) is 10.4. The Labute approximate surface area is 148 Å². The second kappa shape index (κ2) is 8.55. The molecule has 2 atom stereocenters. The lowest BCUT2D eigenvalue weighted by atomic mass is 9.78. The number of urea groups is 1. The van der Waals surface area contributed by atoms with Gasteiger partial charge in [-0.05, 0) is 69.4 Å². The van der Waals surface area contributed by atoms with Gasteiger partial charge in [0.2, 0.25) is 0 Å². The topological polar surface area (TPSA) is 35.6 Å². The van der Waals surface area contributed by atoms with Crippen LogP contribution in [0.2, 0.25) is 0 Å². The van der Waals surface area contributed by atoms with Gasteiger partial charge in [-0.2, -0.15) is 0 Å². The highest BCUT2D eigenvalue weighted by atomic mass is 16.2. The van der Waals surface area contributed by atoms with Gasteiger partial charge in [0.05, 0.1) is 0 Å². The Morgan fingerprint density at radius 1 is 0.958 bits per heavy atom.